The number of hydrogen-bond acceptors (Lipinski definition) is 5. The molecule has 3 N–H and O–H groups in total. The van der Waals surface area contributed by atoms with E-state index in [1.54, 1.807) is 0 Å². The molecule has 0 aromatic rings. The molecule has 0 saturated carbocycles. The number of ether oxygens (including phenoxy) is 2. The van der Waals surface area contributed by atoms with E-state index < -0.39 is 24.2 Å². The quantitative estimate of drug-likeness (QED) is 0.538. The number of aliphatic hydroxyl groups is 3. The van der Waals surface area contributed by atoms with Crippen LogP contribution in [0.15, 0.2) is 0 Å². The molecule has 1 heterocycles. The fourth-order valence-electron chi connectivity index (χ4n) is 1.61. The lowest BCUT2D eigenvalue weighted by molar-refractivity contribution is -0.0780. The Morgan fingerprint density at radius 1 is 1.50 bits per heavy atom. The highest BCUT2D eigenvalue weighted by Crippen LogP contribution is 2.19. The van der Waals surface area contributed by atoms with Gasteiger partial charge in [0, 0.05) is 19.6 Å². The van der Waals surface area contributed by atoms with E-state index in [1.807, 2.05) is 0 Å². The normalized spacial score (nSPS) is 36.4. The molecule has 14 heavy (non-hydrogen) atoms. The van der Waals surface area contributed by atoms with Gasteiger partial charge in [0.15, 0.2) is 0 Å². The van der Waals surface area contributed by atoms with Crippen LogP contribution in [0.4, 0.5) is 0 Å². The smallest absolute Gasteiger partial charge is 0.0875 e. The van der Waals surface area contributed by atoms with Crippen molar-refractivity contribution in [3.05, 3.63) is 0 Å². The lowest BCUT2D eigenvalue weighted by atomic mass is 9.93. The van der Waals surface area contributed by atoms with Crippen molar-refractivity contribution in [3.63, 3.8) is 0 Å². The third-order valence-corrected chi connectivity index (χ3v) is 2.53. The zero-order chi connectivity index (χ0) is 10.6. The van der Waals surface area contributed by atoms with E-state index in [2.05, 4.69) is 0 Å². The molecule has 1 rings (SSSR count). The molecule has 1 saturated heterocycles. The second kappa shape index (κ2) is 5.63. The molecule has 1 aliphatic rings. The van der Waals surface area contributed by atoms with Crippen LogP contribution in [0.25, 0.3) is 0 Å². The van der Waals surface area contributed by atoms with Gasteiger partial charge in [-0.2, -0.15) is 0 Å². The Balaban J connectivity index is 2.54. The zero-order valence-corrected chi connectivity index (χ0v) is 8.30. The maximum Gasteiger partial charge on any atom is 0.0875 e. The summed E-state index contributed by atoms with van der Waals surface area (Å²) in [6, 6.07) is 0. The van der Waals surface area contributed by atoms with E-state index >= 15 is 0 Å². The van der Waals surface area contributed by atoms with Gasteiger partial charge in [-0.15, -0.1) is 0 Å². The number of aliphatic hydroxyl groups excluding tert-OH is 3. The third kappa shape index (κ3) is 2.90. The van der Waals surface area contributed by atoms with Crippen molar-refractivity contribution in [1.82, 2.24) is 0 Å². The van der Waals surface area contributed by atoms with Crippen LogP contribution in [0.1, 0.15) is 6.42 Å². The molecule has 4 unspecified atom stereocenters. The van der Waals surface area contributed by atoms with Gasteiger partial charge in [-0.25, -0.2) is 0 Å². The Bertz CT molecular complexity index is 163. The van der Waals surface area contributed by atoms with Gasteiger partial charge in [-0.3, -0.25) is 0 Å². The second-order valence-electron chi connectivity index (χ2n) is 3.61. The van der Waals surface area contributed by atoms with Crippen molar-refractivity contribution in [2.75, 3.05) is 26.9 Å². The van der Waals surface area contributed by atoms with Crippen LogP contribution in [0.5, 0.6) is 0 Å². The summed E-state index contributed by atoms with van der Waals surface area (Å²) in [5.41, 5.74) is 0. The molecule has 0 aliphatic carbocycles. The zero-order valence-electron chi connectivity index (χ0n) is 8.30. The van der Waals surface area contributed by atoms with Crippen LogP contribution in [0.3, 0.4) is 0 Å². The Kier molecular flexibility index (Phi) is 4.77. The van der Waals surface area contributed by atoms with Crippen LogP contribution >= 0.6 is 0 Å². The monoisotopic (exact) mass is 206 g/mol. The first-order valence-corrected chi connectivity index (χ1v) is 4.77. The van der Waals surface area contributed by atoms with Crippen molar-refractivity contribution in [1.29, 1.82) is 0 Å². The van der Waals surface area contributed by atoms with E-state index in [-0.39, 0.29) is 13.2 Å². The molecule has 4 atom stereocenters. The number of rotatable bonds is 3. The third-order valence-electron chi connectivity index (χ3n) is 2.53. The molecule has 0 radical (unpaired) electrons. The molecular formula is C9H18O5. The minimum absolute atomic E-state index is 0.137. The van der Waals surface area contributed by atoms with Crippen LogP contribution < -0.4 is 0 Å². The van der Waals surface area contributed by atoms with Crippen LogP contribution in [0.2, 0.25) is 0 Å². The van der Waals surface area contributed by atoms with E-state index in [0.717, 1.165) is 0 Å². The Morgan fingerprint density at radius 2 is 2.21 bits per heavy atom. The molecule has 0 aromatic heterocycles. The van der Waals surface area contributed by atoms with Crippen molar-refractivity contribution in [3.8, 4) is 0 Å². The van der Waals surface area contributed by atoms with Gasteiger partial charge in [0.05, 0.1) is 31.5 Å². The molecule has 0 amide bonds. The summed E-state index contributed by atoms with van der Waals surface area (Å²) >= 11 is 0. The largest absolute Gasteiger partial charge is 0.390 e. The molecule has 5 nitrogen and oxygen atoms in total. The first kappa shape index (κ1) is 11.9. The summed E-state index contributed by atoms with van der Waals surface area (Å²) in [5, 5.41) is 28.7. The molecule has 5 heteroatoms. The van der Waals surface area contributed by atoms with Gasteiger partial charge in [0.1, 0.15) is 0 Å². The SMILES string of the molecule is COCC(O)C1COCCC(O)C1O. The fourth-order valence-corrected chi connectivity index (χ4v) is 1.61. The van der Waals surface area contributed by atoms with E-state index in [9.17, 15) is 15.3 Å². The number of hydrogen-bond donors (Lipinski definition) is 3. The summed E-state index contributed by atoms with van der Waals surface area (Å²) in [7, 11) is 1.48. The summed E-state index contributed by atoms with van der Waals surface area (Å²) in [6.07, 6.45) is -2.17. The minimum Gasteiger partial charge on any atom is -0.390 e. The summed E-state index contributed by atoms with van der Waals surface area (Å²) < 4.78 is 9.96. The lowest BCUT2D eigenvalue weighted by Gasteiger charge is -2.26. The first-order valence-electron chi connectivity index (χ1n) is 4.77. The van der Waals surface area contributed by atoms with Crippen molar-refractivity contribution in [2.45, 2.75) is 24.7 Å². The summed E-state index contributed by atoms with van der Waals surface area (Å²) in [6.45, 7) is 0.801. The maximum atomic E-state index is 9.67. The van der Waals surface area contributed by atoms with E-state index in [0.29, 0.717) is 13.0 Å². The fraction of sp³-hybridized carbons (Fsp3) is 1.00. The number of methoxy groups -OCH3 is 1. The predicted octanol–water partition coefficient (Wildman–Crippen LogP) is -1.25. The highest BCUT2D eigenvalue weighted by atomic mass is 16.5. The molecule has 0 aromatic carbocycles. The molecule has 0 spiro atoms. The van der Waals surface area contributed by atoms with Crippen molar-refractivity contribution >= 4 is 0 Å². The molecule has 0 bridgehead atoms. The highest BCUT2D eigenvalue weighted by Gasteiger charge is 2.34. The molecule has 1 fully saturated rings. The van der Waals surface area contributed by atoms with Crippen molar-refractivity contribution in [2.24, 2.45) is 5.92 Å². The van der Waals surface area contributed by atoms with Crippen LogP contribution in [-0.4, -0.2) is 60.6 Å². The van der Waals surface area contributed by atoms with E-state index in [4.69, 9.17) is 9.47 Å². The van der Waals surface area contributed by atoms with Crippen LogP contribution in [-0.2, 0) is 9.47 Å². The summed E-state index contributed by atoms with van der Waals surface area (Å²) in [5.74, 6) is -0.479. The van der Waals surface area contributed by atoms with Gasteiger partial charge in [-0.1, -0.05) is 0 Å². The first-order chi connectivity index (χ1) is 6.66. The second-order valence-corrected chi connectivity index (χ2v) is 3.61. The van der Waals surface area contributed by atoms with Gasteiger partial charge in [0.25, 0.3) is 0 Å². The van der Waals surface area contributed by atoms with Gasteiger partial charge in [-0.05, 0) is 6.42 Å². The maximum absolute atomic E-state index is 9.67. The Hall–Kier alpha value is -0.200. The molecular weight excluding hydrogens is 188 g/mol. The Labute approximate surface area is 83.3 Å². The van der Waals surface area contributed by atoms with Gasteiger partial charge < -0.3 is 24.8 Å². The lowest BCUT2D eigenvalue weighted by Crippen LogP contribution is -2.42. The van der Waals surface area contributed by atoms with Crippen molar-refractivity contribution < 1.29 is 24.8 Å². The highest BCUT2D eigenvalue weighted by molar-refractivity contribution is 4.83. The minimum atomic E-state index is -0.942. The van der Waals surface area contributed by atoms with Gasteiger partial charge in [0.2, 0.25) is 0 Å². The summed E-state index contributed by atoms with van der Waals surface area (Å²) in [4.78, 5) is 0. The topological polar surface area (TPSA) is 79.2 Å². The standard InChI is InChI=1S/C9H18O5/c1-13-5-8(11)6-4-14-3-2-7(10)9(6)12/h6-12H,2-5H2,1H3. The predicted molar refractivity (Wildman–Crippen MR) is 48.8 cm³/mol. The molecule has 1 aliphatic heterocycles. The Morgan fingerprint density at radius 3 is 2.86 bits per heavy atom. The average Bonchev–Trinajstić information content (AvgIpc) is 2.31. The van der Waals surface area contributed by atoms with Crippen LogP contribution in [0, 0.1) is 5.92 Å². The molecule has 84 valence electrons. The average molecular weight is 206 g/mol. The van der Waals surface area contributed by atoms with E-state index in [1.165, 1.54) is 7.11 Å². The van der Waals surface area contributed by atoms with Gasteiger partial charge >= 0.3 is 0 Å².